The molecule has 3 aromatic heterocycles. The number of amides is 1. The lowest BCUT2D eigenvalue weighted by molar-refractivity contribution is 0.0755. The first kappa shape index (κ1) is 27.8. The summed E-state index contributed by atoms with van der Waals surface area (Å²) in [7, 11) is -1.83. The molecule has 0 radical (unpaired) electrons. The number of nitrogens with one attached hydrogen (secondary N) is 2. The highest BCUT2D eigenvalue weighted by Gasteiger charge is 2.35. The zero-order valence-corrected chi connectivity index (χ0v) is 22.8. The van der Waals surface area contributed by atoms with E-state index in [9.17, 15) is 13.2 Å². The van der Waals surface area contributed by atoms with Crippen LogP contribution in [0, 0.1) is 0 Å². The van der Waals surface area contributed by atoms with Crippen LogP contribution in [0.1, 0.15) is 47.7 Å². The van der Waals surface area contributed by atoms with E-state index in [1.165, 1.54) is 12.4 Å². The molecule has 0 aliphatic heterocycles. The highest BCUT2D eigenvalue weighted by atomic mass is 32.2. The van der Waals surface area contributed by atoms with Crippen LogP contribution in [0.3, 0.4) is 0 Å². The number of methoxy groups -OCH3 is 1. The third-order valence-corrected chi connectivity index (χ3v) is 8.33. The van der Waals surface area contributed by atoms with Crippen LogP contribution in [-0.2, 0) is 19.5 Å². The average molecular weight is 563 g/mol. The van der Waals surface area contributed by atoms with Crippen LogP contribution in [0.5, 0.6) is 5.88 Å². The van der Waals surface area contributed by atoms with Crippen molar-refractivity contribution in [3.8, 4) is 16.5 Å². The highest BCUT2D eigenvalue weighted by molar-refractivity contribution is 7.93. The molecule has 0 aromatic carbocycles. The summed E-state index contributed by atoms with van der Waals surface area (Å²) < 4.78 is 43.6. The number of hydrogen-bond donors (Lipinski definition) is 2. The van der Waals surface area contributed by atoms with Gasteiger partial charge in [-0.25, -0.2) is 18.4 Å². The number of pyridine rings is 1. The van der Waals surface area contributed by atoms with Gasteiger partial charge >= 0.3 is 0 Å². The predicted octanol–water partition coefficient (Wildman–Crippen LogP) is 2.82. The van der Waals surface area contributed by atoms with Crippen LogP contribution in [-0.4, -0.2) is 73.0 Å². The lowest BCUT2D eigenvalue weighted by Gasteiger charge is -2.19. The van der Waals surface area contributed by atoms with Gasteiger partial charge in [0.05, 0.1) is 53.2 Å². The number of nitrogens with zero attached hydrogens (tertiary/aromatic N) is 4. The van der Waals surface area contributed by atoms with E-state index in [1.54, 1.807) is 31.6 Å². The fraction of sp³-hybridized carbons (Fsp3) is 0.458. The molecular formula is C24H30N6O6S2. The maximum Gasteiger partial charge on any atom is 0.280 e. The molecule has 12 nitrogen and oxygen atoms in total. The van der Waals surface area contributed by atoms with Gasteiger partial charge in [-0.15, -0.1) is 11.3 Å². The molecule has 3 heterocycles. The van der Waals surface area contributed by atoms with Crippen molar-refractivity contribution in [1.29, 1.82) is 0 Å². The molecule has 38 heavy (non-hydrogen) atoms. The Balaban J connectivity index is 1.49. The molecule has 1 aliphatic rings. The minimum absolute atomic E-state index is 0.126. The maximum atomic E-state index is 13.2. The molecule has 14 heteroatoms. The SMILES string of the molecule is CCOc1cncc(-c2cnc(C(=O)NC(COCCCOC)c3cc(NS(=O)(=O)C4CC4)ccn3)s2)n1. The first-order chi connectivity index (χ1) is 18.4. The molecule has 0 bridgehead atoms. The van der Waals surface area contributed by atoms with Crippen molar-refractivity contribution in [2.45, 2.75) is 37.5 Å². The van der Waals surface area contributed by atoms with Crippen molar-refractivity contribution >= 4 is 33.0 Å². The fourth-order valence-corrected chi connectivity index (χ4v) is 5.59. The van der Waals surface area contributed by atoms with Gasteiger partial charge in [0.1, 0.15) is 5.69 Å². The largest absolute Gasteiger partial charge is 0.477 e. The van der Waals surface area contributed by atoms with E-state index in [0.29, 0.717) is 66.9 Å². The minimum atomic E-state index is -3.44. The highest BCUT2D eigenvalue weighted by Crippen LogP contribution is 2.30. The Morgan fingerprint density at radius 1 is 1.21 bits per heavy atom. The number of ether oxygens (including phenoxy) is 3. The number of rotatable bonds is 15. The second kappa shape index (κ2) is 13.0. The van der Waals surface area contributed by atoms with E-state index in [4.69, 9.17) is 14.2 Å². The first-order valence-corrected chi connectivity index (χ1v) is 14.5. The van der Waals surface area contributed by atoms with Gasteiger partial charge in [0, 0.05) is 32.7 Å². The lowest BCUT2D eigenvalue weighted by Crippen LogP contribution is -2.32. The molecule has 1 amide bonds. The van der Waals surface area contributed by atoms with E-state index < -0.39 is 22.0 Å². The summed E-state index contributed by atoms with van der Waals surface area (Å²) in [5, 5.41) is 2.77. The summed E-state index contributed by atoms with van der Waals surface area (Å²) in [6.07, 6.45) is 8.13. The number of carbonyl (C=O) groups is 1. The normalized spacial score (nSPS) is 14.2. The summed E-state index contributed by atoms with van der Waals surface area (Å²) in [5.41, 5.74) is 1.38. The van der Waals surface area contributed by atoms with E-state index >= 15 is 0 Å². The van der Waals surface area contributed by atoms with Crippen molar-refractivity contribution in [3.63, 3.8) is 0 Å². The van der Waals surface area contributed by atoms with Crippen molar-refractivity contribution in [3.05, 3.63) is 47.6 Å². The molecule has 0 spiro atoms. The van der Waals surface area contributed by atoms with Crippen LogP contribution in [0.2, 0.25) is 0 Å². The van der Waals surface area contributed by atoms with Crippen LogP contribution in [0.4, 0.5) is 5.69 Å². The van der Waals surface area contributed by atoms with Gasteiger partial charge in [0.25, 0.3) is 5.91 Å². The van der Waals surface area contributed by atoms with Crippen molar-refractivity contribution in [1.82, 2.24) is 25.3 Å². The summed E-state index contributed by atoms with van der Waals surface area (Å²) in [6.45, 7) is 3.41. The maximum absolute atomic E-state index is 13.2. The number of carbonyl (C=O) groups excluding carboxylic acids is 1. The zero-order chi connectivity index (χ0) is 27.0. The van der Waals surface area contributed by atoms with E-state index in [-0.39, 0.29) is 16.9 Å². The van der Waals surface area contributed by atoms with Gasteiger partial charge in [-0.3, -0.25) is 19.5 Å². The monoisotopic (exact) mass is 562 g/mol. The van der Waals surface area contributed by atoms with Crippen LogP contribution in [0.15, 0.2) is 36.9 Å². The third kappa shape index (κ3) is 7.66. The minimum Gasteiger partial charge on any atom is -0.477 e. The van der Waals surface area contributed by atoms with Gasteiger partial charge in [-0.05, 0) is 38.3 Å². The van der Waals surface area contributed by atoms with E-state index in [2.05, 4.69) is 30.0 Å². The first-order valence-electron chi connectivity index (χ1n) is 12.2. The molecule has 1 fully saturated rings. The molecule has 0 saturated heterocycles. The Hall–Kier alpha value is -3.20. The second-order valence-corrected chi connectivity index (χ2v) is 11.5. The second-order valence-electron chi connectivity index (χ2n) is 8.47. The Bertz CT molecular complexity index is 1330. The van der Waals surface area contributed by atoms with Crippen LogP contribution in [0.25, 0.3) is 10.6 Å². The predicted molar refractivity (Wildman–Crippen MR) is 142 cm³/mol. The average Bonchev–Trinajstić information content (AvgIpc) is 3.66. The van der Waals surface area contributed by atoms with E-state index in [1.807, 2.05) is 6.92 Å². The third-order valence-electron chi connectivity index (χ3n) is 5.45. The van der Waals surface area contributed by atoms with Gasteiger partial charge in [-0.1, -0.05) is 0 Å². The van der Waals surface area contributed by atoms with Crippen LogP contribution < -0.4 is 14.8 Å². The van der Waals surface area contributed by atoms with Gasteiger partial charge in [0.15, 0.2) is 5.01 Å². The smallest absolute Gasteiger partial charge is 0.280 e. The molecule has 1 aliphatic carbocycles. The Morgan fingerprint density at radius 3 is 2.82 bits per heavy atom. The molecular weight excluding hydrogens is 532 g/mol. The summed E-state index contributed by atoms with van der Waals surface area (Å²) in [6, 6.07) is 2.53. The van der Waals surface area contributed by atoms with Gasteiger partial charge < -0.3 is 19.5 Å². The van der Waals surface area contributed by atoms with Gasteiger partial charge in [0.2, 0.25) is 15.9 Å². The zero-order valence-electron chi connectivity index (χ0n) is 21.1. The van der Waals surface area contributed by atoms with Crippen molar-refractivity contribution in [2.75, 3.05) is 38.3 Å². The lowest BCUT2D eigenvalue weighted by atomic mass is 10.2. The molecule has 204 valence electrons. The molecule has 1 saturated carbocycles. The number of sulfonamides is 1. The van der Waals surface area contributed by atoms with Crippen molar-refractivity contribution in [2.24, 2.45) is 0 Å². The Labute approximate surface area is 225 Å². The molecule has 1 atom stereocenters. The molecule has 3 aromatic rings. The number of hydrogen-bond acceptors (Lipinski definition) is 11. The summed E-state index contributed by atoms with van der Waals surface area (Å²) in [4.78, 5) is 31.0. The number of aromatic nitrogens is 4. The molecule has 1 unspecified atom stereocenters. The quantitative estimate of drug-likeness (QED) is 0.264. The van der Waals surface area contributed by atoms with E-state index in [0.717, 1.165) is 11.3 Å². The topological polar surface area (TPSA) is 155 Å². The standard InChI is InChI=1S/C24H30N6O6S2/c1-3-36-22-14-25-12-19(28-22)21-13-27-24(37-21)23(31)29-20(15-35-10-4-9-34-2)18-11-16(7-8-26-18)30-38(32,33)17-5-6-17/h7-8,11-14,17,20H,3-6,9-10,15H2,1-2H3,(H,26,30)(H,29,31). The summed E-state index contributed by atoms with van der Waals surface area (Å²) in [5.74, 6) is -0.0372. The molecule has 2 N–H and O–H groups in total. The summed E-state index contributed by atoms with van der Waals surface area (Å²) >= 11 is 1.16. The Morgan fingerprint density at radius 2 is 2.05 bits per heavy atom. The fourth-order valence-electron chi connectivity index (χ4n) is 3.44. The van der Waals surface area contributed by atoms with Gasteiger partial charge in [-0.2, -0.15) is 0 Å². The van der Waals surface area contributed by atoms with Crippen LogP contribution >= 0.6 is 11.3 Å². The number of anilines is 1. The number of thiazole rings is 1. The Kier molecular flexibility index (Phi) is 9.55. The molecule has 4 rings (SSSR count). The van der Waals surface area contributed by atoms with Crippen molar-refractivity contribution < 1.29 is 27.4 Å².